The summed E-state index contributed by atoms with van der Waals surface area (Å²) < 4.78 is 39.1. The lowest BCUT2D eigenvalue weighted by Crippen LogP contribution is -2.43. The molecule has 0 bridgehead atoms. The van der Waals surface area contributed by atoms with E-state index in [4.69, 9.17) is 11.6 Å². The van der Waals surface area contributed by atoms with Crippen molar-refractivity contribution in [2.24, 2.45) is 5.92 Å². The van der Waals surface area contributed by atoms with E-state index in [-0.39, 0.29) is 29.3 Å². The highest BCUT2D eigenvalue weighted by Gasteiger charge is 2.35. The summed E-state index contributed by atoms with van der Waals surface area (Å²) in [5.74, 6) is -0.161. The third-order valence-electron chi connectivity index (χ3n) is 5.12. The SMILES string of the molecule is Cc1ccsc1C1CNCCC1C(=O)N(C)Cc1cc(Cl)cc(C(F)(F)F)c1. The molecule has 0 aliphatic carbocycles. The van der Waals surface area contributed by atoms with Gasteiger partial charge in [-0.15, -0.1) is 11.3 Å². The average molecular weight is 431 g/mol. The van der Waals surface area contributed by atoms with Crippen molar-refractivity contribution in [3.63, 3.8) is 0 Å². The molecule has 0 spiro atoms. The monoisotopic (exact) mass is 430 g/mol. The first-order chi connectivity index (χ1) is 13.2. The van der Waals surface area contributed by atoms with Gasteiger partial charge in [0.15, 0.2) is 0 Å². The standard InChI is InChI=1S/C20H22ClF3N2OS/c1-12-4-6-28-18(12)17-10-25-5-3-16(17)19(27)26(2)11-13-7-14(20(22,23)24)9-15(21)8-13/h4,6-9,16-17,25H,3,5,10-11H2,1-2H3. The Morgan fingerprint density at radius 3 is 2.75 bits per heavy atom. The van der Waals surface area contributed by atoms with Gasteiger partial charge in [-0.1, -0.05) is 11.6 Å². The van der Waals surface area contributed by atoms with Crippen LogP contribution in [-0.4, -0.2) is 30.9 Å². The molecule has 152 valence electrons. The maximum absolute atomic E-state index is 13.1. The molecule has 0 saturated carbocycles. The van der Waals surface area contributed by atoms with E-state index < -0.39 is 11.7 Å². The fraction of sp³-hybridized carbons (Fsp3) is 0.450. The summed E-state index contributed by atoms with van der Waals surface area (Å²) in [6.45, 7) is 3.60. The number of halogens is 4. The molecule has 1 amide bonds. The molecule has 8 heteroatoms. The van der Waals surface area contributed by atoms with Crippen LogP contribution in [0.4, 0.5) is 13.2 Å². The molecule has 1 aromatic carbocycles. The number of thiophene rings is 1. The van der Waals surface area contributed by atoms with Crippen molar-refractivity contribution in [3.8, 4) is 0 Å². The largest absolute Gasteiger partial charge is 0.416 e. The zero-order valence-electron chi connectivity index (χ0n) is 15.6. The van der Waals surface area contributed by atoms with Crippen LogP contribution in [-0.2, 0) is 17.5 Å². The van der Waals surface area contributed by atoms with Crippen LogP contribution in [0.1, 0.15) is 33.9 Å². The van der Waals surface area contributed by atoms with Crippen molar-refractivity contribution in [1.82, 2.24) is 10.2 Å². The van der Waals surface area contributed by atoms with Crippen LogP contribution in [0.2, 0.25) is 5.02 Å². The van der Waals surface area contributed by atoms with Crippen LogP contribution in [0.25, 0.3) is 0 Å². The lowest BCUT2D eigenvalue weighted by Gasteiger charge is -2.34. The van der Waals surface area contributed by atoms with Gasteiger partial charge in [-0.2, -0.15) is 13.2 Å². The van der Waals surface area contributed by atoms with Crippen LogP contribution >= 0.6 is 22.9 Å². The highest BCUT2D eigenvalue weighted by atomic mass is 35.5. The first-order valence-electron chi connectivity index (χ1n) is 9.03. The molecule has 1 N–H and O–H groups in total. The predicted octanol–water partition coefficient (Wildman–Crippen LogP) is 5.08. The Morgan fingerprint density at radius 1 is 1.36 bits per heavy atom. The molecule has 3 rings (SSSR count). The van der Waals surface area contributed by atoms with Crippen LogP contribution in [0.15, 0.2) is 29.6 Å². The van der Waals surface area contributed by atoms with Gasteiger partial charge in [-0.05, 0) is 60.7 Å². The minimum absolute atomic E-state index is 0.0135. The van der Waals surface area contributed by atoms with Crippen molar-refractivity contribution < 1.29 is 18.0 Å². The number of hydrogen-bond acceptors (Lipinski definition) is 3. The molecule has 2 heterocycles. The Morgan fingerprint density at radius 2 is 2.11 bits per heavy atom. The molecule has 1 fully saturated rings. The van der Waals surface area contributed by atoms with Crippen LogP contribution in [0, 0.1) is 12.8 Å². The molecular weight excluding hydrogens is 409 g/mol. The molecule has 1 aliphatic heterocycles. The van der Waals surface area contributed by atoms with E-state index in [0.717, 1.165) is 25.2 Å². The lowest BCUT2D eigenvalue weighted by molar-refractivity contribution is -0.137. The Kier molecular flexibility index (Phi) is 6.37. The summed E-state index contributed by atoms with van der Waals surface area (Å²) in [6, 6.07) is 5.47. The Balaban J connectivity index is 1.78. The number of carbonyl (C=O) groups is 1. The van der Waals surface area contributed by atoms with Gasteiger partial charge in [-0.3, -0.25) is 4.79 Å². The highest BCUT2D eigenvalue weighted by molar-refractivity contribution is 7.10. The first kappa shape index (κ1) is 21.1. The summed E-state index contributed by atoms with van der Waals surface area (Å²) >= 11 is 7.51. The molecule has 28 heavy (non-hydrogen) atoms. The maximum Gasteiger partial charge on any atom is 0.416 e. The Hall–Kier alpha value is -1.57. The van der Waals surface area contributed by atoms with E-state index in [9.17, 15) is 18.0 Å². The van der Waals surface area contributed by atoms with Gasteiger partial charge in [0.25, 0.3) is 0 Å². The number of alkyl halides is 3. The van der Waals surface area contributed by atoms with Crippen molar-refractivity contribution in [1.29, 1.82) is 0 Å². The third-order valence-corrected chi connectivity index (χ3v) is 6.49. The van der Waals surface area contributed by atoms with Gasteiger partial charge >= 0.3 is 6.18 Å². The number of aryl methyl sites for hydroxylation is 1. The molecule has 2 unspecified atom stereocenters. The summed E-state index contributed by atoms with van der Waals surface area (Å²) in [7, 11) is 1.64. The number of rotatable bonds is 4. The second-order valence-corrected chi connectivity index (χ2v) is 8.60. The minimum atomic E-state index is -4.47. The van der Waals surface area contributed by atoms with E-state index in [1.165, 1.54) is 21.4 Å². The number of benzene rings is 1. The zero-order valence-corrected chi connectivity index (χ0v) is 17.2. The van der Waals surface area contributed by atoms with Crippen LogP contribution in [0.5, 0.6) is 0 Å². The van der Waals surface area contributed by atoms with E-state index in [0.29, 0.717) is 12.0 Å². The van der Waals surface area contributed by atoms with Crippen LogP contribution in [0.3, 0.4) is 0 Å². The Bertz CT molecular complexity index is 852. The van der Waals surface area contributed by atoms with Crippen molar-refractivity contribution in [2.45, 2.75) is 32.0 Å². The molecule has 1 saturated heterocycles. The number of carbonyl (C=O) groups excluding carboxylic acids is 1. The van der Waals surface area contributed by atoms with Gasteiger partial charge in [-0.25, -0.2) is 0 Å². The second kappa shape index (κ2) is 8.43. The third kappa shape index (κ3) is 4.70. The quantitative estimate of drug-likeness (QED) is 0.733. The first-order valence-corrected chi connectivity index (χ1v) is 10.3. The Labute approximate surface area is 171 Å². The van der Waals surface area contributed by atoms with Crippen molar-refractivity contribution in [2.75, 3.05) is 20.1 Å². The number of nitrogens with zero attached hydrogens (tertiary/aromatic N) is 1. The summed E-state index contributed by atoms with van der Waals surface area (Å²) in [4.78, 5) is 15.8. The minimum Gasteiger partial charge on any atom is -0.341 e. The lowest BCUT2D eigenvalue weighted by atomic mass is 9.83. The average Bonchev–Trinajstić information content (AvgIpc) is 3.05. The number of hydrogen-bond donors (Lipinski definition) is 1. The molecule has 0 radical (unpaired) electrons. The second-order valence-electron chi connectivity index (χ2n) is 7.21. The molecule has 2 atom stereocenters. The van der Waals surface area contributed by atoms with Crippen molar-refractivity contribution in [3.05, 3.63) is 56.2 Å². The molecule has 1 aromatic heterocycles. The predicted molar refractivity (Wildman–Crippen MR) is 106 cm³/mol. The fourth-order valence-corrected chi connectivity index (χ4v) is 5.09. The summed E-state index contributed by atoms with van der Waals surface area (Å²) in [5.41, 5.74) is 0.738. The topological polar surface area (TPSA) is 32.3 Å². The number of amides is 1. The smallest absolute Gasteiger partial charge is 0.341 e. The molecule has 3 nitrogen and oxygen atoms in total. The van der Waals surface area contributed by atoms with E-state index >= 15 is 0 Å². The van der Waals surface area contributed by atoms with E-state index in [2.05, 4.69) is 5.32 Å². The summed E-state index contributed by atoms with van der Waals surface area (Å²) in [5, 5.41) is 5.39. The maximum atomic E-state index is 13.1. The van der Waals surface area contributed by atoms with Gasteiger partial charge in [0.1, 0.15) is 0 Å². The van der Waals surface area contributed by atoms with Crippen molar-refractivity contribution >= 4 is 28.8 Å². The zero-order chi connectivity index (χ0) is 20.5. The van der Waals surface area contributed by atoms with Gasteiger partial charge < -0.3 is 10.2 Å². The van der Waals surface area contributed by atoms with Gasteiger partial charge in [0.2, 0.25) is 5.91 Å². The highest BCUT2D eigenvalue weighted by Crippen LogP contribution is 2.36. The molecule has 2 aromatic rings. The summed E-state index contributed by atoms with van der Waals surface area (Å²) in [6.07, 6.45) is -3.77. The van der Waals surface area contributed by atoms with E-state index in [1.807, 2.05) is 18.4 Å². The normalized spacial score (nSPS) is 20.2. The molecule has 1 aliphatic rings. The van der Waals surface area contributed by atoms with Gasteiger partial charge in [0, 0.05) is 41.9 Å². The fourth-order valence-electron chi connectivity index (χ4n) is 3.73. The van der Waals surface area contributed by atoms with E-state index in [1.54, 1.807) is 18.4 Å². The number of nitrogens with one attached hydrogen (secondary N) is 1. The molecular formula is C20H22ClF3N2OS. The van der Waals surface area contributed by atoms with Crippen LogP contribution < -0.4 is 5.32 Å². The van der Waals surface area contributed by atoms with Gasteiger partial charge in [0.05, 0.1) is 5.56 Å². The number of piperidine rings is 1.